The molecule has 2 aromatic rings. The largest absolute Gasteiger partial charge is 0.409 e. The van der Waals surface area contributed by atoms with E-state index in [1.54, 1.807) is 13.0 Å². The number of hydrogen-bond donors (Lipinski definition) is 0. The molecule has 0 N–H and O–H groups in total. The minimum absolute atomic E-state index is 0.0887. The maximum absolute atomic E-state index is 13.4. The van der Waals surface area contributed by atoms with Crippen molar-refractivity contribution < 1.29 is 26.1 Å². The van der Waals surface area contributed by atoms with Gasteiger partial charge in [-0.05, 0) is 12.5 Å². The molecule has 126 valence electrons. The van der Waals surface area contributed by atoms with Crippen LogP contribution in [0.1, 0.15) is 22.9 Å². The van der Waals surface area contributed by atoms with Gasteiger partial charge in [-0.2, -0.15) is 17.5 Å². The first-order chi connectivity index (χ1) is 10.6. The molecule has 0 saturated heterocycles. The maximum atomic E-state index is 13.4. The molecule has 0 spiro atoms. The highest BCUT2D eigenvalue weighted by Gasteiger charge is 2.47. The van der Waals surface area contributed by atoms with Crippen LogP contribution in [0, 0.1) is 6.92 Å². The van der Waals surface area contributed by atoms with Crippen molar-refractivity contribution in [1.29, 1.82) is 0 Å². The second-order valence-corrected chi connectivity index (χ2v) is 7.10. The Morgan fingerprint density at radius 1 is 1.26 bits per heavy atom. The molecule has 1 unspecified atom stereocenters. The van der Waals surface area contributed by atoms with Gasteiger partial charge in [0.15, 0.2) is 0 Å². The fraction of sp³-hybridized carbons (Fsp3) is 0.357. The summed E-state index contributed by atoms with van der Waals surface area (Å²) in [4.78, 5) is 0. The Morgan fingerprint density at radius 2 is 1.87 bits per heavy atom. The molecule has 1 aromatic carbocycles. The minimum atomic E-state index is -4.75. The molecule has 0 bridgehead atoms. The van der Waals surface area contributed by atoms with Crippen LogP contribution < -0.4 is 0 Å². The topological polar surface area (TPSA) is 63.4 Å². The summed E-state index contributed by atoms with van der Waals surface area (Å²) in [6.07, 6.45) is -3.51. The summed E-state index contributed by atoms with van der Waals surface area (Å²) in [5.74, 6) is -0.661. The van der Waals surface area contributed by atoms with Crippen molar-refractivity contribution in [2.24, 2.45) is 0 Å². The average Bonchev–Trinajstić information content (AvgIpc) is 2.83. The van der Waals surface area contributed by atoms with Crippen LogP contribution in [0.2, 0.25) is 0 Å². The summed E-state index contributed by atoms with van der Waals surface area (Å²) in [5, 5.41) is 3.52. The predicted octanol–water partition coefficient (Wildman–Crippen LogP) is 3.05. The van der Waals surface area contributed by atoms with Gasteiger partial charge in [0.2, 0.25) is 10.0 Å². The van der Waals surface area contributed by atoms with Gasteiger partial charge in [0.25, 0.3) is 0 Å². The third kappa shape index (κ3) is 3.91. The molecule has 0 radical (unpaired) electrons. The molecule has 1 heterocycles. The van der Waals surface area contributed by atoms with Gasteiger partial charge >= 0.3 is 6.18 Å². The smallest absolute Gasteiger partial charge is 0.364 e. The van der Waals surface area contributed by atoms with Gasteiger partial charge in [0.05, 0.1) is 0 Å². The maximum Gasteiger partial charge on any atom is 0.409 e. The van der Waals surface area contributed by atoms with Crippen LogP contribution in [-0.2, 0) is 15.8 Å². The molecule has 0 aliphatic carbocycles. The Balaban J connectivity index is 2.37. The highest BCUT2D eigenvalue weighted by atomic mass is 32.2. The minimum Gasteiger partial charge on any atom is -0.364 e. The van der Waals surface area contributed by atoms with E-state index < -0.39 is 28.0 Å². The lowest BCUT2D eigenvalue weighted by Gasteiger charge is -2.29. The molecular formula is C14H15F3N2O3S. The zero-order valence-electron chi connectivity index (χ0n) is 12.4. The standard InChI is InChI=1S/C14H15F3N2O3S/c1-10-8-22-18-12(10)9-23(20,21)19(2)13(14(15,16)17)11-6-4-3-5-7-11/h3-8,13H,9H2,1-2H3. The number of benzene rings is 1. The molecule has 5 nitrogen and oxygen atoms in total. The van der Waals surface area contributed by atoms with Crippen molar-refractivity contribution >= 4 is 10.0 Å². The molecule has 0 fully saturated rings. The van der Waals surface area contributed by atoms with E-state index in [1.165, 1.54) is 30.5 Å². The van der Waals surface area contributed by atoms with Gasteiger partial charge in [-0.3, -0.25) is 0 Å². The van der Waals surface area contributed by atoms with Crippen molar-refractivity contribution in [3.63, 3.8) is 0 Å². The van der Waals surface area contributed by atoms with E-state index in [9.17, 15) is 21.6 Å². The highest BCUT2D eigenvalue weighted by molar-refractivity contribution is 7.88. The van der Waals surface area contributed by atoms with Crippen LogP contribution in [-0.4, -0.2) is 31.1 Å². The number of rotatable bonds is 5. The van der Waals surface area contributed by atoms with Crippen LogP contribution in [0.25, 0.3) is 0 Å². The zero-order valence-corrected chi connectivity index (χ0v) is 13.2. The van der Waals surface area contributed by atoms with Gasteiger partial charge in [0, 0.05) is 12.6 Å². The van der Waals surface area contributed by atoms with Crippen LogP contribution in [0.3, 0.4) is 0 Å². The van der Waals surface area contributed by atoms with Crippen molar-refractivity contribution in [2.45, 2.75) is 24.9 Å². The first-order valence-corrected chi connectivity index (χ1v) is 8.21. The van der Waals surface area contributed by atoms with Gasteiger partial charge in [-0.25, -0.2) is 8.42 Å². The Morgan fingerprint density at radius 3 is 2.35 bits per heavy atom. The SMILES string of the molecule is Cc1conc1CS(=O)(=O)N(C)C(c1ccccc1)C(F)(F)F. The van der Waals surface area contributed by atoms with Gasteiger partial charge < -0.3 is 4.52 Å². The van der Waals surface area contributed by atoms with Crippen LogP contribution in [0.15, 0.2) is 41.1 Å². The molecule has 0 saturated carbocycles. The van der Waals surface area contributed by atoms with Crippen LogP contribution in [0.5, 0.6) is 0 Å². The summed E-state index contributed by atoms with van der Waals surface area (Å²) < 4.78 is 69.9. The lowest BCUT2D eigenvalue weighted by atomic mass is 10.1. The monoisotopic (exact) mass is 348 g/mol. The summed E-state index contributed by atoms with van der Waals surface area (Å²) in [7, 11) is -3.33. The molecular weight excluding hydrogens is 333 g/mol. The number of aryl methyl sites for hydroxylation is 1. The Kier molecular flexibility index (Phi) is 4.81. The summed E-state index contributed by atoms with van der Waals surface area (Å²) in [6, 6.07) is 4.63. The first kappa shape index (κ1) is 17.5. The molecule has 0 aliphatic rings. The highest BCUT2D eigenvalue weighted by Crippen LogP contribution is 2.38. The third-order valence-corrected chi connectivity index (χ3v) is 5.12. The third-order valence-electron chi connectivity index (χ3n) is 3.39. The van der Waals surface area contributed by atoms with Crippen molar-refractivity contribution in [3.05, 3.63) is 53.4 Å². The van der Waals surface area contributed by atoms with Gasteiger partial charge in [0.1, 0.15) is 23.8 Å². The van der Waals surface area contributed by atoms with E-state index in [-0.39, 0.29) is 11.3 Å². The van der Waals surface area contributed by atoms with Crippen molar-refractivity contribution in [2.75, 3.05) is 7.05 Å². The van der Waals surface area contributed by atoms with Crippen LogP contribution in [0.4, 0.5) is 13.2 Å². The lowest BCUT2D eigenvalue weighted by Crippen LogP contribution is -2.40. The molecule has 0 amide bonds. The van der Waals surface area contributed by atoms with Crippen molar-refractivity contribution in [1.82, 2.24) is 9.46 Å². The molecule has 1 aromatic heterocycles. The molecule has 1 atom stereocenters. The van der Waals surface area contributed by atoms with E-state index in [4.69, 9.17) is 0 Å². The Bertz CT molecular complexity index is 757. The zero-order chi connectivity index (χ0) is 17.3. The number of aromatic nitrogens is 1. The lowest BCUT2D eigenvalue weighted by molar-refractivity contribution is -0.171. The number of nitrogens with zero attached hydrogens (tertiary/aromatic N) is 2. The summed E-state index contributed by atoms with van der Waals surface area (Å²) in [5.41, 5.74) is 0.402. The molecule has 2 rings (SSSR count). The fourth-order valence-electron chi connectivity index (χ4n) is 2.12. The number of alkyl halides is 3. The Labute approximate surface area is 131 Å². The van der Waals surface area contributed by atoms with Gasteiger partial charge in [-0.15, -0.1) is 0 Å². The normalized spacial score (nSPS) is 14.2. The number of hydrogen-bond acceptors (Lipinski definition) is 4. The summed E-state index contributed by atoms with van der Waals surface area (Å²) in [6.45, 7) is 1.57. The quantitative estimate of drug-likeness (QED) is 0.833. The summed E-state index contributed by atoms with van der Waals surface area (Å²) >= 11 is 0. The van der Waals surface area contributed by atoms with E-state index in [0.717, 1.165) is 7.05 Å². The average molecular weight is 348 g/mol. The van der Waals surface area contributed by atoms with Crippen molar-refractivity contribution in [3.8, 4) is 0 Å². The fourth-order valence-corrected chi connectivity index (χ4v) is 3.52. The van der Waals surface area contributed by atoms with E-state index >= 15 is 0 Å². The molecule has 9 heteroatoms. The second kappa shape index (κ2) is 6.32. The van der Waals surface area contributed by atoms with E-state index in [2.05, 4.69) is 9.68 Å². The molecule has 23 heavy (non-hydrogen) atoms. The molecule has 0 aliphatic heterocycles. The number of halogens is 3. The van der Waals surface area contributed by atoms with Crippen LogP contribution >= 0.6 is 0 Å². The van der Waals surface area contributed by atoms with Gasteiger partial charge in [-0.1, -0.05) is 35.5 Å². The van der Waals surface area contributed by atoms with E-state index in [1.807, 2.05) is 0 Å². The first-order valence-electron chi connectivity index (χ1n) is 6.60. The second-order valence-electron chi connectivity index (χ2n) is 5.07. The number of sulfonamides is 1. The van der Waals surface area contributed by atoms with E-state index in [0.29, 0.717) is 9.87 Å². The predicted molar refractivity (Wildman–Crippen MR) is 76.9 cm³/mol. The Hall–Kier alpha value is -1.87.